The van der Waals surface area contributed by atoms with Gasteiger partial charge in [-0.15, -0.1) is 0 Å². The molecule has 0 radical (unpaired) electrons. The number of benzene rings is 1. The van der Waals surface area contributed by atoms with Crippen LogP contribution in [0.15, 0.2) is 30.0 Å². The summed E-state index contributed by atoms with van der Waals surface area (Å²) < 4.78 is 5.23. The highest BCUT2D eigenvalue weighted by atomic mass is 35.5. The van der Waals surface area contributed by atoms with Crippen molar-refractivity contribution in [1.29, 1.82) is 0 Å². The zero-order valence-corrected chi connectivity index (χ0v) is 11.2. The molecule has 1 fully saturated rings. The molecule has 0 bridgehead atoms. The van der Waals surface area contributed by atoms with Gasteiger partial charge in [-0.2, -0.15) is 0 Å². The molecule has 1 saturated heterocycles. The summed E-state index contributed by atoms with van der Waals surface area (Å²) >= 11 is 5.97. The fourth-order valence-corrected chi connectivity index (χ4v) is 1.97. The topological polar surface area (TPSA) is 76.4 Å². The quantitative estimate of drug-likeness (QED) is 0.730. The van der Waals surface area contributed by atoms with Gasteiger partial charge in [-0.05, 0) is 36.6 Å². The molecule has 4 N–H and O–H groups in total. The highest BCUT2D eigenvalue weighted by molar-refractivity contribution is 6.34. The van der Waals surface area contributed by atoms with Gasteiger partial charge in [0.15, 0.2) is 0 Å². The molecule has 0 aliphatic carbocycles. The number of carbonyl (C=O) groups excluding carboxylic acids is 1. The molecule has 19 heavy (non-hydrogen) atoms. The molecule has 1 aromatic rings. The van der Waals surface area contributed by atoms with Gasteiger partial charge in [-0.1, -0.05) is 11.6 Å². The maximum Gasteiger partial charge on any atom is 0.323 e. The van der Waals surface area contributed by atoms with Crippen molar-refractivity contribution in [3.63, 3.8) is 0 Å². The van der Waals surface area contributed by atoms with Gasteiger partial charge in [0.25, 0.3) is 0 Å². The van der Waals surface area contributed by atoms with Crippen LogP contribution in [0.25, 0.3) is 0 Å². The molecule has 102 valence electrons. The Balaban J connectivity index is 1.90. The number of nitrogen functional groups attached to an aromatic ring is 1. The van der Waals surface area contributed by atoms with Crippen molar-refractivity contribution in [2.24, 2.45) is 0 Å². The van der Waals surface area contributed by atoms with Crippen LogP contribution in [-0.2, 0) is 4.74 Å². The lowest BCUT2D eigenvalue weighted by Gasteiger charge is -2.14. The Morgan fingerprint density at radius 2 is 2.11 bits per heavy atom. The highest BCUT2D eigenvalue weighted by Crippen LogP contribution is 2.23. The molecule has 0 saturated carbocycles. The predicted molar refractivity (Wildman–Crippen MR) is 76.2 cm³/mol. The number of hydrogen-bond donors (Lipinski definition) is 3. The Morgan fingerprint density at radius 1 is 1.37 bits per heavy atom. The molecule has 0 aromatic heterocycles. The van der Waals surface area contributed by atoms with E-state index >= 15 is 0 Å². The third kappa shape index (κ3) is 4.15. The van der Waals surface area contributed by atoms with Crippen molar-refractivity contribution >= 4 is 29.0 Å². The van der Waals surface area contributed by atoms with Crippen LogP contribution in [0.2, 0.25) is 5.02 Å². The second-order valence-electron chi connectivity index (χ2n) is 4.25. The first kappa shape index (κ1) is 13.7. The maximum absolute atomic E-state index is 11.7. The Hall–Kier alpha value is -1.72. The third-order valence-electron chi connectivity index (χ3n) is 2.78. The van der Waals surface area contributed by atoms with E-state index in [9.17, 15) is 4.79 Å². The van der Waals surface area contributed by atoms with Crippen LogP contribution in [0.4, 0.5) is 16.2 Å². The largest absolute Gasteiger partial charge is 0.399 e. The number of nitrogens with two attached hydrogens (primary N) is 1. The molecular weight excluding hydrogens is 266 g/mol. The van der Waals surface area contributed by atoms with E-state index in [0.717, 1.165) is 12.8 Å². The van der Waals surface area contributed by atoms with E-state index in [4.69, 9.17) is 22.1 Å². The summed E-state index contributed by atoms with van der Waals surface area (Å²) in [6.07, 6.45) is 3.43. The van der Waals surface area contributed by atoms with Gasteiger partial charge in [0, 0.05) is 11.9 Å². The second kappa shape index (κ2) is 6.45. The zero-order chi connectivity index (χ0) is 13.7. The van der Waals surface area contributed by atoms with E-state index in [0.29, 0.717) is 29.6 Å². The van der Waals surface area contributed by atoms with E-state index in [2.05, 4.69) is 10.6 Å². The van der Waals surface area contributed by atoms with E-state index < -0.39 is 0 Å². The number of anilines is 2. The van der Waals surface area contributed by atoms with Crippen LogP contribution >= 0.6 is 11.6 Å². The fourth-order valence-electron chi connectivity index (χ4n) is 1.74. The minimum absolute atomic E-state index is 0.328. The molecule has 2 amide bonds. The van der Waals surface area contributed by atoms with Gasteiger partial charge >= 0.3 is 6.03 Å². The number of nitrogens with one attached hydrogen (secondary N) is 2. The Labute approximate surface area is 116 Å². The summed E-state index contributed by atoms with van der Waals surface area (Å²) in [6, 6.07) is 4.61. The summed E-state index contributed by atoms with van der Waals surface area (Å²) in [5.74, 6) is 0. The summed E-state index contributed by atoms with van der Waals surface area (Å²) in [6.45, 7) is 1.41. The van der Waals surface area contributed by atoms with Crippen LogP contribution < -0.4 is 16.4 Å². The first-order valence-corrected chi connectivity index (χ1v) is 6.41. The van der Waals surface area contributed by atoms with Crippen LogP contribution in [0.1, 0.15) is 12.8 Å². The molecule has 5 nitrogen and oxygen atoms in total. The lowest BCUT2D eigenvalue weighted by molar-refractivity contribution is 0.119. The maximum atomic E-state index is 11.7. The number of urea groups is 1. The first-order valence-electron chi connectivity index (χ1n) is 6.03. The van der Waals surface area contributed by atoms with Gasteiger partial charge in [-0.3, -0.25) is 0 Å². The third-order valence-corrected chi connectivity index (χ3v) is 3.10. The fraction of sp³-hybridized carbons (Fsp3) is 0.308. The number of ether oxygens (including phenoxy) is 1. The molecular formula is C13H16ClN3O2. The van der Waals surface area contributed by atoms with Crippen molar-refractivity contribution in [3.8, 4) is 0 Å². The number of carbonyl (C=O) groups is 1. The van der Waals surface area contributed by atoms with Gasteiger partial charge in [0.2, 0.25) is 0 Å². The average molecular weight is 282 g/mol. The number of amides is 2. The first-order chi connectivity index (χ1) is 9.15. The van der Waals surface area contributed by atoms with Gasteiger partial charge < -0.3 is 21.1 Å². The van der Waals surface area contributed by atoms with E-state index in [-0.39, 0.29) is 6.03 Å². The highest BCUT2D eigenvalue weighted by Gasteiger charge is 2.07. The minimum atomic E-state index is -0.328. The monoisotopic (exact) mass is 281 g/mol. The molecule has 0 atom stereocenters. The molecule has 1 aromatic carbocycles. The summed E-state index contributed by atoms with van der Waals surface area (Å²) in [5.41, 5.74) is 7.83. The van der Waals surface area contributed by atoms with Crippen LogP contribution in [0.5, 0.6) is 0 Å². The Morgan fingerprint density at radius 3 is 2.79 bits per heavy atom. The molecule has 1 aliphatic rings. The van der Waals surface area contributed by atoms with E-state index in [1.807, 2.05) is 0 Å². The van der Waals surface area contributed by atoms with Crippen LogP contribution in [-0.4, -0.2) is 19.2 Å². The lowest BCUT2D eigenvalue weighted by atomic mass is 10.1. The average Bonchev–Trinajstić information content (AvgIpc) is 2.41. The molecule has 1 heterocycles. The number of rotatable bonds is 2. The molecule has 2 rings (SSSR count). The number of halogens is 1. The van der Waals surface area contributed by atoms with E-state index in [1.165, 1.54) is 5.57 Å². The minimum Gasteiger partial charge on any atom is -0.399 e. The summed E-state index contributed by atoms with van der Waals surface area (Å²) in [5, 5.41) is 5.76. The van der Waals surface area contributed by atoms with Crippen molar-refractivity contribution in [3.05, 3.63) is 35.0 Å². The van der Waals surface area contributed by atoms with Crippen LogP contribution in [0.3, 0.4) is 0 Å². The normalized spacial score (nSPS) is 14.9. The summed E-state index contributed by atoms with van der Waals surface area (Å²) in [7, 11) is 0. The Bertz CT molecular complexity index is 495. The predicted octanol–water partition coefficient (Wildman–Crippen LogP) is 2.74. The molecule has 1 aliphatic heterocycles. The van der Waals surface area contributed by atoms with Gasteiger partial charge in [0.1, 0.15) is 0 Å². The van der Waals surface area contributed by atoms with Gasteiger partial charge in [-0.25, -0.2) is 4.79 Å². The van der Waals surface area contributed by atoms with Crippen LogP contribution in [0, 0.1) is 0 Å². The zero-order valence-electron chi connectivity index (χ0n) is 10.4. The second-order valence-corrected chi connectivity index (χ2v) is 4.66. The molecule has 6 heteroatoms. The van der Waals surface area contributed by atoms with Crippen molar-refractivity contribution in [2.45, 2.75) is 12.8 Å². The van der Waals surface area contributed by atoms with E-state index in [1.54, 1.807) is 24.4 Å². The SMILES string of the molecule is Nc1ccc(NC(=O)NC=C2CCOCC2)c(Cl)c1. The number of hydrogen-bond acceptors (Lipinski definition) is 3. The van der Waals surface area contributed by atoms with Crippen molar-refractivity contribution < 1.29 is 9.53 Å². The Kier molecular flexibility index (Phi) is 4.65. The van der Waals surface area contributed by atoms with Crippen molar-refractivity contribution in [2.75, 3.05) is 24.3 Å². The standard InChI is InChI=1S/C13H16ClN3O2/c14-11-7-10(15)1-2-12(11)17-13(18)16-8-9-3-5-19-6-4-9/h1-2,7-8H,3-6,15H2,(H2,16,17,18). The van der Waals surface area contributed by atoms with Gasteiger partial charge in [0.05, 0.1) is 23.9 Å². The van der Waals surface area contributed by atoms with Crippen molar-refractivity contribution in [1.82, 2.24) is 5.32 Å². The lowest BCUT2D eigenvalue weighted by Crippen LogP contribution is -2.25. The molecule has 0 spiro atoms. The molecule has 0 unspecified atom stereocenters. The smallest absolute Gasteiger partial charge is 0.323 e. The summed E-state index contributed by atoms with van der Waals surface area (Å²) in [4.78, 5) is 11.7.